The molecule has 1 saturated heterocycles. The van der Waals surface area contributed by atoms with Gasteiger partial charge in [0.25, 0.3) is 0 Å². The van der Waals surface area contributed by atoms with Gasteiger partial charge >= 0.3 is 0 Å². The van der Waals surface area contributed by atoms with Crippen LogP contribution in [0.5, 0.6) is 0 Å². The lowest BCUT2D eigenvalue weighted by Crippen LogP contribution is -2.68. The summed E-state index contributed by atoms with van der Waals surface area (Å²) in [4.78, 5) is 26.9. The fourth-order valence-electron chi connectivity index (χ4n) is 4.66. The minimum absolute atomic E-state index is 0.000394. The van der Waals surface area contributed by atoms with E-state index in [0.29, 0.717) is 18.5 Å². The fourth-order valence-corrected chi connectivity index (χ4v) is 4.66. The zero-order chi connectivity index (χ0) is 15.5. The number of carbonyl (C=O) groups is 2. The third-order valence-corrected chi connectivity index (χ3v) is 5.56. The zero-order valence-corrected chi connectivity index (χ0v) is 12.1. The Morgan fingerprint density at radius 1 is 1.27 bits per heavy atom. The van der Waals surface area contributed by atoms with E-state index < -0.39 is 17.1 Å². The van der Waals surface area contributed by atoms with Gasteiger partial charge in [-0.25, -0.2) is 0 Å². The van der Waals surface area contributed by atoms with E-state index in [0.717, 1.165) is 5.56 Å². The molecule has 1 amide bonds. The van der Waals surface area contributed by atoms with Crippen molar-refractivity contribution in [1.29, 1.82) is 5.26 Å². The van der Waals surface area contributed by atoms with E-state index in [9.17, 15) is 20.0 Å². The Bertz CT molecular complexity index is 734. The smallest absolute Gasteiger partial charge is 0.227 e. The number of fused-ring (bicyclic) bond motifs is 3. The third-order valence-electron chi connectivity index (χ3n) is 5.56. The van der Waals surface area contributed by atoms with Crippen LogP contribution < -0.4 is 4.90 Å². The summed E-state index contributed by atoms with van der Waals surface area (Å²) >= 11 is 0. The Labute approximate surface area is 128 Å². The van der Waals surface area contributed by atoms with Gasteiger partial charge in [-0.1, -0.05) is 18.2 Å². The summed E-state index contributed by atoms with van der Waals surface area (Å²) in [6.07, 6.45) is 1.26. The first-order valence-corrected chi connectivity index (χ1v) is 7.59. The largest absolute Gasteiger partial charge is 0.388 e. The minimum atomic E-state index is -1.09. The number of amides is 1. The number of benzene rings is 1. The van der Waals surface area contributed by atoms with Crippen LogP contribution in [-0.4, -0.2) is 28.4 Å². The number of anilines is 1. The Hall–Kier alpha value is -2.19. The number of Topliss-reactive ketones (excluding diaryl/α,β-unsaturated/α-hetero) is 1. The lowest BCUT2D eigenvalue weighted by molar-refractivity contribution is -0.143. The van der Waals surface area contributed by atoms with Crippen molar-refractivity contribution in [3.05, 3.63) is 29.8 Å². The molecule has 0 aromatic heterocycles. The summed E-state index contributed by atoms with van der Waals surface area (Å²) in [6.45, 7) is 0. The van der Waals surface area contributed by atoms with Gasteiger partial charge in [0.05, 0.1) is 29.5 Å². The van der Waals surface area contributed by atoms with Crippen LogP contribution in [0.4, 0.5) is 5.69 Å². The number of hydrogen-bond acceptors (Lipinski definition) is 4. The number of nitriles is 1. The van der Waals surface area contributed by atoms with Gasteiger partial charge in [-0.05, 0) is 24.5 Å². The SMILES string of the molecule is N#CC[C@]12C(=O)CC[C@]3(O)CCC(=O)N(c4ccccc41)[C@@H]32. The van der Waals surface area contributed by atoms with Crippen LogP contribution in [-0.2, 0) is 15.0 Å². The maximum Gasteiger partial charge on any atom is 0.227 e. The van der Waals surface area contributed by atoms with Crippen LogP contribution in [0, 0.1) is 11.3 Å². The molecule has 1 aromatic rings. The van der Waals surface area contributed by atoms with Gasteiger partial charge in [0.15, 0.2) is 0 Å². The second-order valence-corrected chi connectivity index (χ2v) is 6.52. The molecule has 5 nitrogen and oxygen atoms in total. The van der Waals surface area contributed by atoms with Crippen LogP contribution in [0.3, 0.4) is 0 Å². The number of carbonyl (C=O) groups excluding carboxylic acids is 2. The van der Waals surface area contributed by atoms with Crippen LogP contribution in [0.25, 0.3) is 0 Å². The van der Waals surface area contributed by atoms with Gasteiger partial charge in [-0.3, -0.25) is 9.59 Å². The molecule has 1 aromatic carbocycles. The fraction of sp³-hybridized carbons (Fsp3) is 0.471. The first kappa shape index (κ1) is 13.5. The van der Waals surface area contributed by atoms with E-state index in [2.05, 4.69) is 6.07 Å². The van der Waals surface area contributed by atoms with E-state index >= 15 is 0 Å². The summed E-state index contributed by atoms with van der Waals surface area (Å²) in [6, 6.07) is 8.76. The highest BCUT2D eigenvalue weighted by Crippen LogP contribution is 2.57. The normalized spacial score (nSPS) is 35.8. The first-order valence-electron chi connectivity index (χ1n) is 7.59. The maximum atomic E-state index is 12.8. The molecule has 0 spiro atoms. The Morgan fingerprint density at radius 3 is 2.77 bits per heavy atom. The predicted molar refractivity (Wildman–Crippen MR) is 78.0 cm³/mol. The average Bonchev–Trinajstić information content (AvgIpc) is 2.83. The molecule has 4 rings (SSSR count). The van der Waals surface area contributed by atoms with Gasteiger partial charge in [0.2, 0.25) is 5.91 Å². The van der Waals surface area contributed by atoms with E-state index in [1.165, 1.54) is 0 Å². The summed E-state index contributed by atoms with van der Waals surface area (Å²) < 4.78 is 0. The van der Waals surface area contributed by atoms with Gasteiger partial charge in [-0.2, -0.15) is 5.26 Å². The second-order valence-electron chi connectivity index (χ2n) is 6.52. The molecule has 2 aliphatic heterocycles. The minimum Gasteiger partial charge on any atom is -0.388 e. The summed E-state index contributed by atoms with van der Waals surface area (Å²) in [5, 5.41) is 20.4. The van der Waals surface area contributed by atoms with Crippen LogP contribution in [0.2, 0.25) is 0 Å². The van der Waals surface area contributed by atoms with E-state index in [-0.39, 0.29) is 31.0 Å². The quantitative estimate of drug-likeness (QED) is 0.850. The van der Waals surface area contributed by atoms with Crippen LogP contribution in [0.1, 0.15) is 37.7 Å². The number of ketones is 1. The number of para-hydroxylation sites is 1. The molecular weight excluding hydrogens is 280 g/mol. The van der Waals surface area contributed by atoms with Crippen molar-refractivity contribution in [2.45, 2.75) is 49.2 Å². The summed E-state index contributed by atoms with van der Waals surface area (Å²) in [5.41, 5.74) is -0.757. The van der Waals surface area contributed by atoms with Gasteiger partial charge in [-0.15, -0.1) is 0 Å². The molecule has 112 valence electrons. The molecule has 1 saturated carbocycles. The van der Waals surface area contributed by atoms with Crippen LogP contribution >= 0.6 is 0 Å². The molecule has 22 heavy (non-hydrogen) atoms. The number of nitrogens with zero attached hydrogens (tertiary/aromatic N) is 2. The maximum absolute atomic E-state index is 12.8. The second kappa shape index (κ2) is 4.17. The lowest BCUT2D eigenvalue weighted by Gasteiger charge is -2.52. The Morgan fingerprint density at radius 2 is 2.00 bits per heavy atom. The Balaban J connectivity index is 2.05. The van der Waals surface area contributed by atoms with Crippen molar-refractivity contribution in [2.24, 2.45) is 0 Å². The first-order chi connectivity index (χ1) is 10.5. The van der Waals surface area contributed by atoms with Crippen molar-refractivity contribution >= 4 is 17.4 Å². The molecule has 0 radical (unpaired) electrons. The van der Waals surface area contributed by atoms with E-state index in [1.54, 1.807) is 4.90 Å². The van der Waals surface area contributed by atoms with E-state index in [4.69, 9.17) is 0 Å². The molecule has 5 heteroatoms. The standard InChI is InChI=1S/C17H16N2O3/c18-10-9-17-11-3-1-2-4-12(11)19-14(21)6-8-16(22,15(17)19)7-5-13(17)20/h1-4,15,22H,5-9H2/t15-,16-,17+/m0/s1. The van der Waals surface area contributed by atoms with Crippen LogP contribution in [0.15, 0.2) is 24.3 Å². The molecule has 2 fully saturated rings. The summed E-state index contributed by atoms with van der Waals surface area (Å²) in [7, 11) is 0. The average molecular weight is 296 g/mol. The molecule has 3 atom stereocenters. The molecule has 3 aliphatic rings. The van der Waals surface area contributed by atoms with Crippen molar-refractivity contribution in [1.82, 2.24) is 0 Å². The van der Waals surface area contributed by atoms with Gasteiger partial charge in [0, 0.05) is 18.5 Å². The van der Waals surface area contributed by atoms with Crippen molar-refractivity contribution in [3.8, 4) is 6.07 Å². The number of aliphatic hydroxyl groups is 1. The number of hydrogen-bond donors (Lipinski definition) is 1. The molecule has 0 unspecified atom stereocenters. The van der Waals surface area contributed by atoms with Crippen molar-refractivity contribution < 1.29 is 14.7 Å². The van der Waals surface area contributed by atoms with Crippen molar-refractivity contribution in [3.63, 3.8) is 0 Å². The molecular formula is C17H16N2O3. The predicted octanol–water partition coefficient (Wildman–Crippen LogP) is 1.44. The van der Waals surface area contributed by atoms with Gasteiger partial charge in [0.1, 0.15) is 5.78 Å². The third kappa shape index (κ3) is 1.36. The summed E-state index contributed by atoms with van der Waals surface area (Å²) in [5.74, 6) is -0.106. The molecule has 0 bridgehead atoms. The number of rotatable bonds is 1. The topological polar surface area (TPSA) is 81.4 Å². The Kier molecular flexibility index (Phi) is 2.56. The monoisotopic (exact) mass is 296 g/mol. The molecule has 1 N–H and O–H groups in total. The number of piperidine rings is 1. The van der Waals surface area contributed by atoms with Crippen molar-refractivity contribution in [2.75, 3.05) is 4.90 Å². The lowest BCUT2D eigenvalue weighted by atomic mass is 9.58. The highest BCUT2D eigenvalue weighted by atomic mass is 16.3. The molecule has 1 aliphatic carbocycles. The van der Waals surface area contributed by atoms with Gasteiger partial charge < -0.3 is 10.0 Å². The van der Waals surface area contributed by atoms with E-state index in [1.807, 2.05) is 24.3 Å². The molecule has 2 heterocycles. The zero-order valence-electron chi connectivity index (χ0n) is 12.1. The highest BCUT2D eigenvalue weighted by molar-refractivity contribution is 6.06. The highest BCUT2D eigenvalue weighted by Gasteiger charge is 2.67.